The first-order valence-electron chi connectivity index (χ1n) is 11.8. The Balaban J connectivity index is 1.67. The summed E-state index contributed by atoms with van der Waals surface area (Å²) in [4.78, 5) is 26.3. The van der Waals surface area contributed by atoms with Crippen LogP contribution in [-0.4, -0.2) is 35.5 Å². The molecule has 1 heterocycles. The predicted octanol–water partition coefficient (Wildman–Crippen LogP) is 5.52. The molecule has 0 spiro atoms. The molecule has 0 aromatic heterocycles. The highest BCUT2D eigenvalue weighted by Crippen LogP contribution is 2.38. The lowest BCUT2D eigenvalue weighted by Crippen LogP contribution is -2.39. The van der Waals surface area contributed by atoms with Crippen LogP contribution in [0.2, 0.25) is 0 Å². The zero-order valence-electron chi connectivity index (χ0n) is 20.6. The smallest absolute Gasteiger partial charge is 0.307 e. The van der Waals surface area contributed by atoms with Gasteiger partial charge in [-0.05, 0) is 70.0 Å². The zero-order valence-corrected chi connectivity index (χ0v) is 20.6. The molecule has 1 aliphatic heterocycles. The number of methoxy groups -OCH3 is 1. The number of carbonyl (C=O) groups excluding carboxylic acids is 1. The molecule has 1 amide bonds. The van der Waals surface area contributed by atoms with E-state index < -0.39 is 11.4 Å². The summed E-state index contributed by atoms with van der Waals surface area (Å²) < 4.78 is 34.1. The second-order valence-electron chi connectivity index (χ2n) is 9.79. The average Bonchev–Trinajstić information content (AvgIpc) is 2.83. The van der Waals surface area contributed by atoms with Crippen LogP contribution in [0.4, 0.5) is 8.78 Å². The molecule has 0 saturated heterocycles. The van der Waals surface area contributed by atoms with E-state index in [1.54, 1.807) is 35.2 Å². The third-order valence-electron chi connectivity index (χ3n) is 6.82. The topological polar surface area (TPSA) is 66.8 Å². The van der Waals surface area contributed by atoms with Gasteiger partial charge in [0.25, 0.3) is 0 Å². The number of rotatable bonds is 7. The fourth-order valence-corrected chi connectivity index (χ4v) is 4.85. The fourth-order valence-electron chi connectivity index (χ4n) is 4.85. The first-order chi connectivity index (χ1) is 17.1. The van der Waals surface area contributed by atoms with E-state index in [-0.39, 0.29) is 36.9 Å². The summed E-state index contributed by atoms with van der Waals surface area (Å²) >= 11 is 0. The van der Waals surface area contributed by atoms with E-state index in [0.29, 0.717) is 46.5 Å². The summed E-state index contributed by atoms with van der Waals surface area (Å²) in [5, 5.41) is 9.22. The molecule has 5 nitrogen and oxygen atoms in total. The zero-order chi connectivity index (χ0) is 26.0. The molecule has 0 atom stereocenters. The molecular formula is C29H29F2NO4. The van der Waals surface area contributed by atoms with Gasteiger partial charge in [-0.1, -0.05) is 38.1 Å². The summed E-state index contributed by atoms with van der Waals surface area (Å²) in [6.07, 6.45) is 0.381. The molecule has 0 fully saturated rings. The summed E-state index contributed by atoms with van der Waals surface area (Å²) in [6, 6.07) is 14.5. The molecular weight excluding hydrogens is 464 g/mol. The van der Waals surface area contributed by atoms with E-state index in [1.165, 1.54) is 25.3 Å². The number of hydrogen-bond donors (Lipinski definition) is 1. The van der Waals surface area contributed by atoms with Crippen LogP contribution >= 0.6 is 0 Å². The van der Waals surface area contributed by atoms with Crippen molar-refractivity contribution in [3.8, 4) is 16.9 Å². The summed E-state index contributed by atoms with van der Waals surface area (Å²) in [7, 11) is 1.52. The van der Waals surface area contributed by atoms with Crippen LogP contribution in [0.15, 0.2) is 54.6 Å². The molecule has 36 heavy (non-hydrogen) atoms. The van der Waals surface area contributed by atoms with Crippen molar-refractivity contribution in [2.45, 2.75) is 45.1 Å². The van der Waals surface area contributed by atoms with Gasteiger partial charge in [-0.2, -0.15) is 0 Å². The lowest BCUT2D eigenvalue weighted by atomic mass is 9.80. The maximum atomic E-state index is 14.8. The Bertz CT molecular complexity index is 1320. The number of carbonyl (C=O) groups is 2. The number of amides is 1. The Kier molecular flexibility index (Phi) is 7.11. The van der Waals surface area contributed by atoms with Crippen LogP contribution in [0.3, 0.4) is 0 Å². The van der Waals surface area contributed by atoms with E-state index in [1.807, 2.05) is 19.9 Å². The largest absolute Gasteiger partial charge is 0.496 e. The Morgan fingerprint density at radius 2 is 1.81 bits per heavy atom. The molecule has 0 bridgehead atoms. The van der Waals surface area contributed by atoms with Crippen molar-refractivity contribution in [3.05, 3.63) is 88.5 Å². The third-order valence-corrected chi connectivity index (χ3v) is 6.82. The highest BCUT2D eigenvalue weighted by molar-refractivity contribution is 5.81. The van der Waals surface area contributed by atoms with Gasteiger partial charge in [-0.15, -0.1) is 0 Å². The van der Waals surface area contributed by atoms with Gasteiger partial charge in [-0.25, -0.2) is 8.78 Å². The van der Waals surface area contributed by atoms with Crippen LogP contribution in [0, 0.1) is 11.6 Å². The minimum absolute atomic E-state index is 0.100. The number of benzene rings is 3. The Morgan fingerprint density at radius 1 is 1.03 bits per heavy atom. The summed E-state index contributed by atoms with van der Waals surface area (Å²) in [5.74, 6) is -1.20. The molecule has 7 heteroatoms. The van der Waals surface area contributed by atoms with Crippen LogP contribution < -0.4 is 4.74 Å². The molecule has 3 aromatic rings. The lowest BCUT2D eigenvalue weighted by Gasteiger charge is -2.34. The van der Waals surface area contributed by atoms with Crippen molar-refractivity contribution in [1.82, 2.24) is 4.90 Å². The van der Waals surface area contributed by atoms with Gasteiger partial charge in [0.1, 0.15) is 17.4 Å². The van der Waals surface area contributed by atoms with Gasteiger partial charge in [0.05, 0.1) is 13.5 Å². The van der Waals surface area contributed by atoms with Crippen LogP contribution in [0.5, 0.6) is 5.75 Å². The first kappa shape index (κ1) is 25.4. The van der Waals surface area contributed by atoms with Gasteiger partial charge in [0, 0.05) is 25.1 Å². The minimum atomic E-state index is -0.954. The third kappa shape index (κ3) is 5.25. The lowest BCUT2D eigenvalue weighted by molar-refractivity contribution is -0.136. The average molecular weight is 494 g/mol. The van der Waals surface area contributed by atoms with Crippen molar-refractivity contribution >= 4 is 11.9 Å². The number of ether oxygens (including phenoxy) is 1. The van der Waals surface area contributed by atoms with E-state index in [4.69, 9.17) is 4.74 Å². The maximum absolute atomic E-state index is 14.8. The quantitative estimate of drug-likeness (QED) is 0.471. The normalized spacial score (nSPS) is 13.3. The van der Waals surface area contributed by atoms with Crippen molar-refractivity contribution in [1.29, 1.82) is 0 Å². The number of carboxylic acids is 1. The molecule has 0 saturated carbocycles. The minimum Gasteiger partial charge on any atom is -0.496 e. The SMILES string of the molecule is COc1ccc(CC(=O)O)cc1-c1ccc(F)c2c1CN(C(=O)CC(C)(C)c1cccc(F)c1)CC2. The summed E-state index contributed by atoms with van der Waals surface area (Å²) in [6.45, 7) is 4.40. The van der Waals surface area contributed by atoms with Gasteiger partial charge in [-0.3, -0.25) is 9.59 Å². The Morgan fingerprint density at radius 3 is 2.50 bits per heavy atom. The number of carboxylic acid groups (broad SMARTS) is 1. The van der Waals surface area contributed by atoms with E-state index in [9.17, 15) is 23.5 Å². The van der Waals surface area contributed by atoms with Crippen LogP contribution in [0.25, 0.3) is 11.1 Å². The molecule has 0 aliphatic carbocycles. The standard InChI is InChI=1S/C29H29F2NO4/c1-29(2,19-5-4-6-20(30)15-19)16-27(33)32-12-11-22-24(17-32)21(8-9-25(22)31)23-13-18(14-28(34)35)7-10-26(23)36-3/h4-10,13,15H,11-12,14,16-17H2,1-3H3,(H,34,35). The number of halogens is 2. The molecule has 1 aliphatic rings. The maximum Gasteiger partial charge on any atom is 0.307 e. The van der Waals surface area contributed by atoms with Crippen LogP contribution in [0.1, 0.15) is 42.5 Å². The highest BCUT2D eigenvalue weighted by Gasteiger charge is 2.31. The molecule has 0 radical (unpaired) electrons. The van der Waals surface area contributed by atoms with E-state index in [2.05, 4.69) is 0 Å². The molecule has 3 aromatic carbocycles. The van der Waals surface area contributed by atoms with Gasteiger partial charge >= 0.3 is 5.97 Å². The number of aliphatic carboxylic acids is 1. The molecule has 188 valence electrons. The first-order valence-corrected chi connectivity index (χ1v) is 11.8. The fraction of sp³-hybridized carbons (Fsp3) is 0.310. The number of nitrogens with zero attached hydrogens (tertiary/aromatic N) is 1. The molecule has 0 unspecified atom stereocenters. The predicted molar refractivity (Wildman–Crippen MR) is 133 cm³/mol. The monoisotopic (exact) mass is 493 g/mol. The van der Waals surface area contributed by atoms with Crippen molar-refractivity contribution < 1.29 is 28.2 Å². The molecule has 4 rings (SSSR count). The van der Waals surface area contributed by atoms with Crippen molar-refractivity contribution in [3.63, 3.8) is 0 Å². The van der Waals surface area contributed by atoms with Gasteiger partial charge in [0.2, 0.25) is 5.91 Å². The Labute approximate surface area is 209 Å². The number of hydrogen-bond acceptors (Lipinski definition) is 3. The number of fused-ring (bicyclic) bond motifs is 1. The van der Waals surface area contributed by atoms with Crippen LogP contribution in [-0.2, 0) is 34.4 Å². The second kappa shape index (κ2) is 10.1. The highest BCUT2D eigenvalue weighted by atomic mass is 19.1. The second-order valence-corrected chi connectivity index (χ2v) is 9.79. The van der Waals surface area contributed by atoms with Gasteiger partial charge < -0.3 is 14.7 Å². The van der Waals surface area contributed by atoms with Gasteiger partial charge in [0.15, 0.2) is 0 Å². The van der Waals surface area contributed by atoms with Crippen molar-refractivity contribution in [2.24, 2.45) is 0 Å². The Hall–Kier alpha value is -3.74. The van der Waals surface area contributed by atoms with E-state index in [0.717, 1.165) is 5.56 Å². The summed E-state index contributed by atoms with van der Waals surface area (Å²) in [5.41, 5.74) is 3.34. The van der Waals surface area contributed by atoms with E-state index >= 15 is 0 Å². The van der Waals surface area contributed by atoms with Crippen molar-refractivity contribution in [2.75, 3.05) is 13.7 Å². The molecule has 1 N–H and O–H groups in total.